The van der Waals surface area contributed by atoms with Crippen molar-refractivity contribution in [2.45, 2.75) is 6.10 Å². The summed E-state index contributed by atoms with van der Waals surface area (Å²) in [4.78, 5) is 0. The molecule has 1 aromatic rings. The van der Waals surface area contributed by atoms with E-state index < -0.39 is 0 Å². The summed E-state index contributed by atoms with van der Waals surface area (Å²) in [6, 6.07) is 5.28. The molecule has 2 rings (SSSR count). The molecular weight excluding hydrogens is 220 g/mol. The second kappa shape index (κ2) is 5.04. The smallest absolute Gasteiger partial charge is 0.175 e. The van der Waals surface area contributed by atoms with Crippen LogP contribution in [0.3, 0.4) is 0 Å². The van der Waals surface area contributed by atoms with E-state index in [0.717, 1.165) is 12.1 Å². The monoisotopic (exact) mass is 234 g/mol. The number of hydrogen-bond donors (Lipinski definition) is 2. The molecule has 90 valence electrons. The molecule has 5 nitrogen and oxygen atoms in total. The third-order valence-electron chi connectivity index (χ3n) is 2.74. The largest absolute Gasteiger partial charge is 0.503 e. The number of nitriles is 1. The third kappa shape index (κ3) is 2.33. The topological polar surface area (TPSA) is 74.5 Å². The van der Waals surface area contributed by atoms with E-state index in [4.69, 9.17) is 14.7 Å². The molecule has 17 heavy (non-hydrogen) atoms. The number of morpholine rings is 1. The molecule has 1 saturated heterocycles. The number of phenolic OH excluding ortho intramolecular Hbond substituents is 1. The van der Waals surface area contributed by atoms with Gasteiger partial charge in [-0.25, -0.2) is 0 Å². The van der Waals surface area contributed by atoms with Crippen LogP contribution in [0.2, 0.25) is 0 Å². The highest BCUT2D eigenvalue weighted by Crippen LogP contribution is 2.34. The molecular formula is C12H14N2O3. The van der Waals surface area contributed by atoms with Gasteiger partial charge in [0.05, 0.1) is 25.4 Å². The second-order valence-electron chi connectivity index (χ2n) is 3.79. The van der Waals surface area contributed by atoms with Gasteiger partial charge in [-0.3, -0.25) is 0 Å². The lowest BCUT2D eigenvalue weighted by atomic mass is 10.0. The van der Waals surface area contributed by atoms with Gasteiger partial charge in [-0.15, -0.1) is 0 Å². The minimum atomic E-state index is -0.123. The zero-order chi connectivity index (χ0) is 12.3. The molecule has 1 aliphatic rings. The molecule has 0 aromatic heterocycles. The quantitative estimate of drug-likeness (QED) is 0.796. The maximum absolute atomic E-state index is 9.71. The van der Waals surface area contributed by atoms with Gasteiger partial charge in [-0.2, -0.15) is 5.26 Å². The van der Waals surface area contributed by atoms with E-state index in [2.05, 4.69) is 5.32 Å². The van der Waals surface area contributed by atoms with Gasteiger partial charge < -0.3 is 19.9 Å². The van der Waals surface area contributed by atoms with Crippen LogP contribution >= 0.6 is 0 Å². The minimum absolute atomic E-state index is 0.106. The highest BCUT2D eigenvalue weighted by Gasteiger charge is 2.19. The van der Waals surface area contributed by atoms with Crippen LogP contribution in [0, 0.1) is 11.3 Å². The molecule has 1 aromatic carbocycles. The van der Waals surface area contributed by atoms with Gasteiger partial charge in [-0.1, -0.05) is 0 Å². The first kappa shape index (κ1) is 11.7. The van der Waals surface area contributed by atoms with Crippen LogP contribution < -0.4 is 10.1 Å². The van der Waals surface area contributed by atoms with Gasteiger partial charge in [0, 0.05) is 13.1 Å². The highest BCUT2D eigenvalue weighted by molar-refractivity contribution is 5.54. The van der Waals surface area contributed by atoms with E-state index in [0.29, 0.717) is 18.9 Å². The molecule has 2 N–H and O–H groups in total. The Morgan fingerprint density at radius 2 is 2.41 bits per heavy atom. The van der Waals surface area contributed by atoms with Crippen molar-refractivity contribution < 1.29 is 14.6 Å². The fourth-order valence-corrected chi connectivity index (χ4v) is 1.84. The Kier molecular flexibility index (Phi) is 3.47. The van der Waals surface area contributed by atoms with Crippen LogP contribution in [0.1, 0.15) is 17.2 Å². The molecule has 0 bridgehead atoms. The summed E-state index contributed by atoms with van der Waals surface area (Å²) in [5.41, 5.74) is 1.04. The minimum Gasteiger partial charge on any atom is -0.503 e. The molecule has 0 aliphatic carbocycles. The average molecular weight is 234 g/mol. The number of hydrogen-bond acceptors (Lipinski definition) is 5. The van der Waals surface area contributed by atoms with Crippen molar-refractivity contribution in [1.29, 1.82) is 5.26 Å². The van der Waals surface area contributed by atoms with E-state index in [1.807, 2.05) is 6.07 Å². The summed E-state index contributed by atoms with van der Waals surface area (Å²) in [6.07, 6.45) is -0.106. The summed E-state index contributed by atoms with van der Waals surface area (Å²) in [7, 11) is 1.46. The van der Waals surface area contributed by atoms with Crippen molar-refractivity contribution in [2.75, 3.05) is 26.8 Å². The first-order valence-electron chi connectivity index (χ1n) is 5.39. The molecule has 0 radical (unpaired) electrons. The Hall–Kier alpha value is -1.77. The Bertz CT molecular complexity index is 448. The van der Waals surface area contributed by atoms with E-state index in [-0.39, 0.29) is 17.4 Å². The van der Waals surface area contributed by atoms with Crippen LogP contribution in [0.15, 0.2) is 12.1 Å². The van der Waals surface area contributed by atoms with E-state index >= 15 is 0 Å². The highest BCUT2D eigenvalue weighted by atomic mass is 16.5. The van der Waals surface area contributed by atoms with E-state index in [9.17, 15) is 5.11 Å². The lowest BCUT2D eigenvalue weighted by Gasteiger charge is -2.24. The summed E-state index contributed by atoms with van der Waals surface area (Å²) < 4.78 is 10.6. The number of rotatable bonds is 2. The van der Waals surface area contributed by atoms with Crippen molar-refractivity contribution >= 4 is 0 Å². The second-order valence-corrected chi connectivity index (χ2v) is 3.79. The zero-order valence-corrected chi connectivity index (χ0v) is 9.56. The molecule has 1 unspecified atom stereocenters. The summed E-state index contributed by atoms with van der Waals surface area (Å²) in [5, 5.41) is 21.9. The van der Waals surface area contributed by atoms with Crippen LogP contribution in [-0.2, 0) is 4.74 Å². The Labute approximate surface area is 99.6 Å². The molecule has 5 heteroatoms. The van der Waals surface area contributed by atoms with Crippen LogP contribution in [0.25, 0.3) is 0 Å². The third-order valence-corrected chi connectivity index (χ3v) is 2.74. The maximum Gasteiger partial charge on any atom is 0.175 e. The number of nitrogens with one attached hydrogen (secondary N) is 1. The maximum atomic E-state index is 9.71. The summed E-state index contributed by atoms with van der Waals surface area (Å²) in [5.74, 6) is 0.177. The predicted octanol–water partition coefficient (Wildman–Crippen LogP) is 0.933. The molecule has 0 spiro atoms. The molecule has 1 atom stereocenters. The normalized spacial score (nSPS) is 19.6. The molecule has 0 saturated carbocycles. The number of benzene rings is 1. The fourth-order valence-electron chi connectivity index (χ4n) is 1.84. The lowest BCUT2D eigenvalue weighted by molar-refractivity contribution is 0.0275. The number of aromatic hydroxyl groups is 1. The van der Waals surface area contributed by atoms with Gasteiger partial charge in [0.25, 0.3) is 0 Å². The van der Waals surface area contributed by atoms with Crippen LogP contribution in [0.5, 0.6) is 11.5 Å². The number of ether oxygens (including phenoxy) is 2. The van der Waals surface area contributed by atoms with Crippen LogP contribution in [-0.4, -0.2) is 31.9 Å². The van der Waals surface area contributed by atoms with Gasteiger partial charge in [0.2, 0.25) is 0 Å². The Balaban J connectivity index is 2.37. The molecule has 1 aliphatic heterocycles. The SMILES string of the molecule is COc1cc(C2CNCCO2)cc(C#N)c1O. The van der Waals surface area contributed by atoms with Gasteiger partial charge in [0.1, 0.15) is 6.07 Å². The van der Waals surface area contributed by atoms with Crippen molar-refractivity contribution in [2.24, 2.45) is 0 Å². The fraction of sp³-hybridized carbons (Fsp3) is 0.417. The van der Waals surface area contributed by atoms with Crippen molar-refractivity contribution in [3.8, 4) is 17.6 Å². The standard InChI is InChI=1S/C12H14N2O3/c1-16-10-5-8(4-9(6-13)12(10)15)11-7-14-2-3-17-11/h4-5,11,14-15H,2-3,7H2,1H3. The summed E-state index contributed by atoms with van der Waals surface area (Å²) in [6.45, 7) is 2.16. The van der Waals surface area contributed by atoms with Crippen molar-refractivity contribution in [1.82, 2.24) is 5.32 Å². The molecule has 1 heterocycles. The molecule has 1 fully saturated rings. The van der Waals surface area contributed by atoms with Crippen molar-refractivity contribution in [3.63, 3.8) is 0 Å². The van der Waals surface area contributed by atoms with Crippen molar-refractivity contribution in [3.05, 3.63) is 23.3 Å². The molecule has 0 amide bonds. The van der Waals surface area contributed by atoms with Crippen LogP contribution in [0.4, 0.5) is 0 Å². The number of methoxy groups -OCH3 is 1. The Morgan fingerprint density at radius 3 is 3.00 bits per heavy atom. The van der Waals surface area contributed by atoms with Gasteiger partial charge >= 0.3 is 0 Å². The first-order chi connectivity index (χ1) is 8.26. The zero-order valence-electron chi connectivity index (χ0n) is 9.56. The average Bonchev–Trinajstić information content (AvgIpc) is 2.40. The van der Waals surface area contributed by atoms with E-state index in [1.54, 1.807) is 12.1 Å². The first-order valence-corrected chi connectivity index (χ1v) is 5.39. The predicted molar refractivity (Wildman–Crippen MR) is 60.9 cm³/mol. The summed E-state index contributed by atoms with van der Waals surface area (Å²) >= 11 is 0. The number of phenols is 1. The lowest BCUT2D eigenvalue weighted by Crippen LogP contribution is -2.33. The number of nitrogens with zero attached hydrogens (tertiary/aromatic N) is 1. The Morgan fingerprint density at radius 1 is 1.59 bits per heavy atom. The van der Waals surface area contributed by atoms with Gasteiger partial charge in [0.15, 0.2) is 11.5 Å². The van der Waals surface area contributed by atoms with Gasteiger partial charge in [-0.05, 0) is 17.7 Å². The van der Waals surface area contributed by atoms with E-state index in [1.165, 1.54) is 7.11 Å².